The normalized spacial score (nSPS) is 17.6. The van der Waals surface area contributed by atoms with Crippen LogP contribution in [0.15, 0.2) is 60.9 Å². The molecule has 0 spiro atoms. The standard InChI is InChI=1S/C28H28N6O3/c35-25(36)15-23-16-30-26(21-10-7-18-4-1-2-5-20(18)14-21)34(23)24-11-12-29-28(32-24)31-22-6-3-13-33(17-22)27(37)19-8-9-19/h1-2,4-5,7,10-12,14,16,19,22H,3,6,8-9,13,15,17H2,(H,35,36)(H,29,31,32). The fraction of sp³-hybridized carbons (Fsp3) is 0.321. The molecule has 1 aliphatic carbocycles. The quantitative estimate of drug-likeness (QED) is 0.399. The maximum absolute atomic E-state index is 12.6. The van der Waals surface area contributed by atoms with E-state index in [4.69, 9.17) is 4.98 Å². The van der Waals surface area contributed by atoms with E-state index in [2.05, 4.69) is 21.4 Å². The number of fused-ring (bicyclic) bond motifs is 1. The van der Waals surface area contributed by atoms with E-state index in [-0.39, 0.29) is 24.3 Å². The highest BCUT2D eigenvalue weighted by atomic mass is 16.4. The molecule has 2 fully saturated rings. The van der Waals surface area contributed by atoms with Gasteiger partial charge in [0.2, 0.25) is 11.9 Å². The van der Waals surface area contributed by atoms with Crippen LogP contribution in [-0.2, 0) is 16.0 Å². The van der Waals surface area contributed by atoms with E-state index in [0.717, 1.165) is 48.6 Å². The van der Waals surface area contributed by atoms with Crippen LogP contribution in [0, 0.1) is 5.92 Å². The Kier molecular flexibility index (Phi) is 6.04. The third-order valence-corrected chi connectivity index (χ3v) is 7.04. The summed E-state index contributed by atoms with van der Waals surface area (Å²) < 4.78 is 1.79. The number of benzene rings is 2. The molecule has 9 heteroatoms. The minimum Gasteiger partial charge on any atom is -0.481 e. The Balaban J connectivity index is 1.31. The van der Waals surface area contributed by atoms with Crippen molar-refractivity contribution in [3.05, 3.63) is 66.6 Å². The number of rotatable bonds is 7. The number of aliphatic carboxylic acids is 1. The third kappa shape index (κ3) is 4.89. The predicted molar refractivity (Wildman–Crippen MR) is 139 cm³/mol. The molecule has 2 aromatic carbocycles. The van der Waals surface area contributed by atoms with Crippen LogP contribution in [0.25, 0.3) is 28.0 Å². The number of carbonyl (C=O) groups is 2. The van der Waals surface area contributed by atoms with Crippen LogP contribution < -0.4 is 5.32 Å². The summed E-state index contributed by atoms with van der Waals surface area (Å²) in [5.41, 5.74) is 1.39. The van der Waals surface area contributed by atoms with E-state index in [1.54, 1.807) is 23.0 Å². The second-order valence-electron chi connectivity index (χ2n) is 9.82. The van der Waals surface area contributed by atoms with Gasteiger partial charge < -0.3 is 15.3 Å². The van der Waals surface area contributed by atoms with E-state index >= 15 is 0 Å². The molecule has 1 atom stereocenters. The maximum atomic E-state index is 12.6. The number of piperidine rings is 1. The monoisotopic (exact) mass is 496 g/mol. The van der Waals surface area contributed by atoms with E-state index < -0.39 is 5.97 Å². The molecule has 1 saturated carbocycles. The first-order chi connectivity index (χ1) is 18.0. The number of carboxylic acid groups (broad SMARTS) is 1. The lowest BCUT2D eigenvalue weighted by Crippen LogP contribution is -2.45. The van der Waals surface area contributed by atoms with Gasteiger partial charge in [-0.15, -0.1) is 0 Å². The lowest BCUT2D eigenvalue weighted by molar-refractivity contribution is -0.136. The van der Waals surface area contributed by atoms with Crippen molar-refractivity contribution in [3.63, 3.8) is 0 Å². The van der Waals surface area contributed by atoms with Gasteiger partial charge in [-0.2, -0.15) is 4.98 Å². The van der Waals surface area contributed by atoms with Gasteiger partial charge in [-0.1, -0.05) is 36.4 Å². The number of likely N-dealkylation sites (tertiary alicyclic amines) is 1. The SMILES string of the molecule is O=C(O)Cc1cnc(-c2ccc3ccccc3c2)n1-c1ccnc(NC2CCCN(C(=O)C3CC3)C2)n1. The number of imidazole rings is 1. The Morgan fingerprint density at radius 2 is 1.86 bits per heavy atom. The summed E-state index contributed by atoms with van der Waals surface area (Å²) in [5.74, 6) is 1.13. The summed E-state index contributed by atoms with van der Waals surface area (Å²) in [5, 5.41) is 15.1. The van der Waals surface area contributed by atoms with Crippen molar-refractivity contribution in [1.29, 1.82) is 0 Å². The van der Waals surface area contributed by atoms with Gasteiger partial charge in [-0.3, -0.25) is 14.2 Å². The van der Waals surface area contributed by atoms with Crippen molar-refractivity contribution in [2.45, 2.75) is 38.1 Å². The lowest BCUT2D eigenvalue weighted by atomic mass is 10.1. The molecule has 3 heterocycles. The molecule has 2 aliphatic rings. The highest BCUT2D eigenvalue weighted by Gasteiger charge is 2.35. The molecule has 9 nitrogen and oxygen atoms in total. The topological polar surface area (TPSA) is 113 Å². The van der Waals surface area contributed by atoms with Crippen LogP contribution in [0.1, 0.15) is 31.4 Å². The zero-order chi connectivity index (χ0) is 25.4. The number of hydrogen-bond donors (Lipinski definition) is 2. The van der Waals surface area contributed by atoms with Gasteiger partial charge in [0, 0.05) is 43.0 Å². The van der Waals surface area contributed by atoms with Crippen LogP contribution in [0.5, 0.6) is 0 Å². The molecule has 2 N–H and O–H groups in total. The van der Waals surface area contributed by atoms with E-state index in [1.165, 1.54) is 0 Å². The van der Waals surface area contributed by atoms with Gasteiger partial charge in [0.25, 0.3) is 0 Å². The van der Waals surface area contributed by atoms with E-state index in [0.29, 0.717) is 29.8 Å². The van der Waals surface area contributed by atoms with Gasteiger partial charge in [-0.05, 0) is 48.6 Å². The molecule has 1 unspecified atom stereocenters. The summed E-state index contributed by atoms with van der Waals surface area (Å²) in [7, 11) is 0. The molecule has 1 amide bonds. The Hall–Kier alpha value is -4.27. The Morgan fingerprint density at radius 1 is 1.03 bits per heavy atom. The molecule has 4 aromatic rings. The van der Waals surface area contributed by atoms with E-state index in [1.807, 2.05) is 41.3 Å². The zero-order valence-electron chi connectivity index (χ0n) is 20.4. The number of carbonyl (C=O) groups excluding carboxylic acids is 1. The number of nitrogens with zero attached hydrogens (tertiary/aromatic N) is 5. The Bertz CT molecular complexity index is 1480. The van der Waals surface area contributed by atoms with Crippen molar-refractivity contribution in [2.75, 3.05) is 18.4 Å². The first kappa shape index (κ1) is 23.1. The zero-order valence-corrected chi connectivity index (χ0v) is 20.4. The molecule has 0 bridgehead atoms. The van der Waals surface area contributed by atoms with Crippen LogP contribution in [0.4, 0.5) is 5.95 Å². The summed E-state index contributed by atoms with van der Waals surface area (Å²) in [6.07, 6.45) is 6.94. The number of carboxylic acids is 1. The van der Waals surface area contributed by atoms with Crippen LogP contribution in [0.2, 0.25) is 0 Å². The molecule has 2 aromatic heterocycles. The Morgan fingerprint density at radius 3 is 2.68 bits per heavy atom. The van der Waals surface area contributed by atoms with Crippen LogP contribution >= 0.6 is 0 Å². The fourth-order valence-electron chi connectivity index (χ4n) is 5.06. The van der Waals surface area contributed by atoms with Gasteiger partial charge in [0.05, 0.1) is 12.1 Å². The first-order valence-electron chi connectivity index (χ1n) is 12.7. The second kappa shape index (κ2) is 9.65. The number of aromatic nitrogens is 4. The number of anilines is 1. The van der Waals surface area contributed by atoms with Gasteiger partial charge in [0.1, 0.15) is 11.6 Å². The van der Waals surface area contributed by atoms with Gasteiger partial charge in [-0.25, -0.2) is 9.97 Å². The smallest absolute Gasteiger partial charge is 0.309 e. The molecule has 188 valence electrons. The van der Waals surface area contributed by atoms with Crippen LogP contribution in [0.3, 0.4) is 0 Å². The number of amides is 1. The summed E-state index contributed by atoms with van der Waals surface area (Å²) >= 11 is 0. The average Bonchev–Trinajstić information content (AvgIpc) is 3.68. The van der Waals surface area contributed by atoms with Crippen molar-refractivity contribution in [1.82, 2.24) is 24.4 Å². The number of nitrogens with one attached hydrogen (secondary N) is 1. The molecular formula is C28H28N6O3. The highest BCUT2D eigenvalue weighted by Crippen LogP contribution is 2.32. The van der Waals surface area contributed by atoms with Crippen LogP contribution in [-0.4, -0.2) is 60.5 Å². The third-order valence-electron chi connectivity index (χ3n) is 7.04. The number of hydrogen-bond acceptors (Lipinski definition) is 6. The van der Waals surface area contributed by atoms with Crippen molar-refractivity contribution >= 4 is 28.6 Å². The van der Waals surface area contributed by atoms with Gasteiger partial charge >= 0.3 is 5.97 Å². The lowest BCUT2D eigenvalue weighted by Gasteiger charge is -2.33. The Labute approximate surface area is 214 Å². The molecule has 6 rings (SSSR count). The average molecular weight is 497 g/mol. The summed E-state index contributed by atoms with van der Waals surface area (Å²) in [6.45, 7) is 1.44. The largest absolute Gasteiger partial charge is 0.481 e. The minimum atomic E-state index is -0.943. The van der Waals surface area contributed by atoms with Crippen molar-refractivity contribution in [2.24, 2.45) is 5.92 Å². The molecule has 1 aliphatic heterocycles. The molecule has 1 saturated heterocycles. The molecule has 0 radical (unpaired) electrons. The molecule has 37 heavy (non-hydrogen) atoms. The van der Waals surface area contributed by atoms with E-state index in [9.17, 15) is 14.7 Å². The first-order valence-corrected chi connectivity index (χ1v) is 12.7. The van der Waals surface area contributed by atoms with Gasteiger partial charge in [0.15, 0.2) is 0 Å². The summed E-state index contributed by atoms with van der Waals surface area (Å²) in [6, 6.07) is 16.0. The van der Waals surface area contributed by atoms with Crippen molar-refractivity contribution in [3.8, 4) is 17.2 Å². The maximum Gasteiger partial charge on any atom is 0.309 e. The highest BCUT2D eigenvalue weighted by molar-refractivity contribution is 5.86. The predicted octanol–water partition coefficient (Wildman–Crippen LogP) is 3.92. The second-order valence-corrected chi connectivity index (χ2v) is 9.82. The fourth-order valence-corrected chi connectivity index (χ4v) is 5.06. The summed E-state index contributed by atoms with van der Waals surface area (Å²) in [4.78, 5) is 39.9. The molecular weight excluding hydrogens is 468 g/mol. The van der Waals surface area contributed by atoms with Crippen molar-refractivity contribution < 1.29 is 14.7 Å². The minimum absolute atomic E-state index is 0.0629.